The number of pyridine rings is 1. The van der Waals surface area contributed by atoms with E-state index < -0.39 is 0 Å². The summed E-state index contributed by atoms with van der Waals surface area (Å²) in [5.41, 5.74) is 4.28. The number of aryl methyl sites for hydroxylation is 2. The average Bonchev–Trinajstić information content (AvgIpc) is 3.32. The molecule has 182 valence electrons. The molecule has 5 rings (SSSR count). The zero-order chi connectivity index (χ0) is 25.6. The van der Waals surface area contributed by atoms with Gasteiger partial charge >= 0.3 is 0 Å². The number of fused-ring (bicyclic) bond motifs is 1. The highest BCUT2D eigenvalue weighted by atomic mass is 16.3. The normalized spacial score (nSPS) is 11.8. The molecule has 0 spiro atoms. The standard InChI is InChI=1S/C27H27N7O2/c1-16-24-22(35)14-23(36)33(26(24)29-17(2)28-16)15-18-10-12-19(13-11-18)20-8-6-7-9-21(20)25-30-32-34(31-25)27(3,4)5/h6-14,35H,15H2,1-5H3. The lowest BCUT2D eigenvalue weighted by Crippen LogP contribution is -2.24. The minimum atomic E-state index is -0.320. The summed E-state index contributed by atoms with van der Waals surface area (Å²) < 4.78 is 1.56. The van der Waals surface area contributed by atoms with E-state index in [0.717, 1.165) is 22.3 Å². The lowest BCUT2D eigenvalue weighted by molar-refractivity contribution is 0.306. The van der Waals surface area contributed by atoms with Gasteiger partial charge in [0.15, 0.2) is 5.65 Å². The molecule has 0 aliphatic carbocycles. The van der Waals surface area contributed by atoms with E-state index in [1.54, 1.807) is 23.2 Å². The summed E-state index contributed by atoms with van der Waals surface area (Å²) in [5.74, 6) is 1.01. The molecule has 0 atom stereocenters. The minimum Gasteiger partial charge on any atom is -0.507 e. The quantitative estimate of drug-likeness (QED) is 0.409. The highest BCUT2D eigenvalue weighted by Gasteiger charge is 2.19. The van der Waals surface area contributed by atoms with E-state index in [1.807, 2.05) is 69.3 Å². The number of benzene rings is 2. The number of aromatic hydroxyl groups is 1. The van der Waals surface area contributed by atoms with Crippen molar-refractivity contribution < 1.29 is 5.11 Å². The maximum atomic E-state index is 12.8. The van der Waals surface area contributed by atoms with Crippen LogP contribution < -0.4 is 5.56 Å². The molecule has 9 nitrogen and oxygen atoms in total. The third-order valence-corrected chi connectivity index (χ3v) is 6.01. The smallest absolute Gasteiger partial charge is 0.256 e. The summed E-state index contributed by atoms with van der Waals surface area (Å²) in [6, 6.07) is 17.2. The van der Waals surface area contributed by atoms with Crippen molar-refractivity contribution >= 4 is 11.0 Å². The average molecular weight is 482 g/mol. The van der Waals surface area contributed by atoms with Gasteiger partial charge in [-0.3, -0.25) is 9.36 Å². The Balaban J connectivity index is 1.51. The Kier molecular flexibility index (Phi) is 5.62. The molecule has 0 fully saturated rings. The third kappa shape index (κ3) is 4.24. The summed E-state index contributed by atoms with van der Waals surface area (Å²) in [5, 5.41) is 23.9. The second-order valence-electron chi connectivity index (χ2n) is 9.82. The van der Waals surface area contributed by atoms with E-state index in [4.69, 9.17) is 0 Å². The minimum absolute atomic E-state index is 0.104. The maximum absolute atomic E-state index is 12.8. The van der Waals surface area contributed by atoms with Crippen LogP contribution in [0.5, 0.6) is 5.75 Å². The molecule has 0 bridgehead atoms. The first-order chi connectivity index (χ1) is 17.1. The second-order valence-corrected chi connectivity index (χ2v) is 9.82. The fourth-order valence-corrected chi connectivity index (χ4v) is 4.22. The number of tetrazole rings is 1. The first-order valence-corrected chi connectivity index (χ1v) is 11.7. The first kappa shape index (κ1) is 23.3. The van der Waals surface area contributed by atoms with E-state index in [-0.39, 0.29) is 16.8 Å². The molecule has 5 aromatic rings. The summed E-state index contributed by atoms with van der Waals surface area (Å²) >= 11 is 0. The molecule has 0 unspecified atom stereocenters. The summed E-state index contributed by atoms with van der Waals surface area (Å²) in [6.07, 6.45) is 0. The molecule has 0 saturated heterocycles. The lowest BCUT2D eigenvalue weighted by atomic mass is 9.98. The number of rotatable bonds is 4. The number of hydrogen-bond acceptors (Lipinski definition) is 7. The van der Waals surface area contributed by atoms with Gasteiger partial charge in [0, 0.05) is 11.6 Å². The molecule has 0 aliphatic rings. The van der Waals surface area contributed by atoms with E-state index >= 15 is 0 Å². The van der Waals surface area contributed by atoms with Crippen LogP contribution in [0.4, 0.5) is 0 Å². The first-order valence-electron chi connectivity index (χ1n) is 11.7. The number of nitrogens with zero attached hydrogens (tertiary/aromatic N) is 7. The van der Waals surface area contributed by atoms with Crippen molar-refractivity contribution in [3.8, 4) is 28.3 Å². The van der Waals surface area contributed by atoms with Crippen LogP contribution in [0.1, 0.15) is 37.9 Å². The van der Waals surface area contributed by atoms with Crippen molar-refractivity contribution in [2.24, 2.45) is 0 Å². The molecule has 0 amide bonds. The molecule has 0 aliphatic heterocycles. The van der Waals surface area contributed by atoms with Gasteiger partial charge in [-0.1, -0.05) is 48.5 Å². The van der Waals surface area contributed by atoms with E-state index in [9.17, 15) is 9.90 Å². The SMILES string of the molecule is Cc1nc(C)c2c(O)cc(=O)n(Cc3ccc(-c4ccccc4-c4nnn(C(C)(C)C)n4)cc3)c2n1. The van der Waals surface area contributed by atoms with Crippen LogP contribution in [0.15, 0.2) is 59.4 Å². The fraction of sp³-hybridized carbons (Fsp3) is 0.259. The van der Waals surface area contributed by atoms with Gasteiger partial charge in [0.1, 0.15) is 11.6 Å². The Morgan fingerprint density at radius 2 is 1.64 bits per heavy atom. The Morgan fingerprint density at radius 3 is 2.31 bits per heavy atom. The largest absolute Gasteiger partial charge is 0.507 e. The highest BCUT2D eigenvalue weighted by Crippen LogP contribution is 2.31. The molecule has 3 aromatic heterocycles. The molecule has 2 aromatic carbocycles. The van der Waals surface area contributed by atoms with Crippen molar-refractivity contribution in [1.29, 1.82) is 0 Å². The van der Waals surface area contributed by atoms with Crippen molar-refractivity contribution in [3.63, 3.8) is 0 Å². The molecular weight excluding hydrogens is 454 g/mol. The van der Waals surface area contributed by atoms with Crippen LogP contribution in [-0.4, -0.2) is 39.8 Å². The van der Waals surface area contributed by atoms with Crippen molar-refractivity contribution in [2.75, 3.05) is 0 Å². The lowest BCUT2D eigenvalue weighted by Gasteiger charge is -2.15. The van der Waals surface area contributed by atoms with Crippen LogP contribution in [0, 0.1) is 13.8 Å². The fourth-order valence-electron chi connectivity index (χ4n) is 4.22. The molecule has 0 radical (unpaired) electrons. The van der Waals surface area contributed by atoms with Crippen molar-refractivity contribution in [1.82, 2.24) is 34.7 Å². The number of hydrogen-bond donors (Lipinski definition) is 1. The van der Waals surface area contributed by atoms with Crippen molar-refractivity contribution in [2.45, 2.75) is 46.7 Å². The van der Waals surface area contributed by atoms with Gasteiger partial charge in [0.25, 0.3) is 5.56 Å². The Bertz CT molecular complexity index is 1640. The zero-order valence-electron chi connectivity index (χ0n) is 20.9. The van der Waals surface area contributed by atoms with Crippen molar-refractivity contribution in [3.05, 3.63) is 82.0 Å². The Hall–Kier alpha value is -4.40. The summed E-state index contributed by atoms with van der Waals surface area (Å²) in [7, 11) is 0. The van der Waals surface area contributed by atoms with E-state index in [1.165, 1.54) is 6.07 Å². The van der Waals surface area contributed by atoms with E-state index in [2.05, 4.69) is 25.4 Å². The molecular formula is C27H27N7O2. The topological polar surface area (TPSA) is 112 Å². The van der Waals surface area contributed by atoms with Gasteiger partial charge < -0.3 is 5.11 Å². The second kappa shape index (κ2) is 8.67. The molecule has 1 N–H and O–H groups in total. The van der Waals surface area contributed by atoms with Crippen LogP contribution in [0.3, 0.4) is 0 Å². The van der Waals surface area contributed by atoms with Gasteiger partial charge in [-0.2, -0.15) is 4.80 Å². The Morgan fingerprint density at radius 1 is 0.944 bits per heavy atom. The summed E-state index contributed by atoms with van der Waals surface area (Å²) in [6.45, 7) is 9.97. The van der Waals surface area contributed by atoms with Gasteiger partial charge in [0.2, 0.25) is 5.82 Å². The third-order valence-electron chi connectivity index (χ3n) is 6.01. The molecule has 9 heteroatoms. The molecule has 36 heavy (non-hydrogen) atoms. The van der Waals surface area contributed by atoms with Gasteiger partial charge in [-0.05, 0) is 56.5 Å². The maximum Gasteiger partial charge on any atom is 0.256 e. The van der Waals surface area contributed by atoms with Crippen LogP contribution in [-0.2, 0) is 12.1 Å². The highest BCUT2D eigenvalue weighted by molar-refractivity contribution is 5.84. The van der Waals surface area contributed by atoms with Gasteiger partial charge in [-0.15, -0.1) is 10.2 Å². The number of aromatic nitrogens is 7. The summed E-state index contributed by atoms with van der Waals surface area (Å²) in [4.78, 5) is 23.2. The predicted octanol–water partition coefficient (Wildman–Crippen LogP) is 4.24. The molecule has 3 heterocycles. The van der Waals surface area contributed by atoms with Crippen LogP contribution >= 0.6 is 0 Å². The predicted molar refractivity (Wildman–Crippen MR) is 138 cm³/mol. The van der Waals surface area contributed by atoms with Crippen LogP contribution in [0.2, 0.25) is 0 Å². The molecule has 0 saturated carbocycles. The van der Waals surface area contributed by atoms with Gasteiger partial charge in [0.05, 0.1) is 23.2 Å². The van der Waals surface area contributed by atoms with E-state index in [0.29, 0.717) is 34.9 Å². The Labute approximate surface area is 208 Å². The van der Waals surface area contributed by atoms with Gasteiger partial charge in [-0.25, -0.2) is 9.97 Å². The monoisotopic (exact) mass is 481 g/mol. The zero-order valence-corrected chi connectivity index (χ0v) is 20.9. The van der Waals surface area contributed by atoms with Crippen LogP contribution in [0.25, 0.3) is 33.5 Å².